The van der Waals surface area contributed by atoms with Crippen LogP contribution in [0, 0.1) is 0 Å². The van der Waals surface area contributed by atoms with Crippen molar-refractivity contribution in [3.63, 3.8) is 0 Å². The van der Waals surface area contributed by atoms with Gasteiger partial charge in [0.15, 0.2) is 0 Å². The number of amides is 2. The molecule has 20 heavy (non-hydrogen) atoms. The molecular formula is C15H23N3O2. The Balaban J connectivity index is 2.34. The Morgan fingerprint density at radius 1 is 1.20 bits per heavy atom. The molecule has 0 radical (unpaired) electrons. The zero-order valence-electron chi connectivity index (χ0n) is 12.3. The number of hydrogen-bond donors (Lipinski definition) is 3. The predicted octanol–water partition coefficient (Wildman–Crippen LogP) is 1.76. The highest BCUT2D eigenvalue weighted by Crippen LogP contribution is 2.08. The highest BCUT2D eigenvalue weighted by molar-refractivity contribution is 5.94. The van der Waals surface area contributed by atoms with Gasteiger partial charge in [0.05, 0.1) is 0 Å². The van der Waals surface area contributed by atoms with Gasteiger partial charge in [-0.25, -0.2) is 0 Å². The van der Waals surface area contributed by atoms with Gasteiger partial charge in [-0.1, -0.05) is 6.92 Å². The SMILES string of the molecule is CCC(C)NC(=O)CCNC(=O)c1ccc(NC)cc1. The van der Waals surface area contributed by atoms with Crippen molar-refractivity contribution in [2.75, 3.05) is 18.9 Å². The topological polar surface area (TPSA) is 70.2 Å². The van der Waals surface area contributed by atoms with Gasteiger partial charge in [0.25, 0.3) is 5.91 Å². The van der Waals surface area contributed by atoms with Gasteiger partial charge in [-0.2, -0.15) is 0 Å². The van der Waals surface area contributed by atoms with Gasteiger partial charge in [0, 0.05) is 37.3 Å². The molecular weight excluding hydrogens is 254 g/mol. The number of rotatable bonds is 7. The number of nitrogens with one attached hydrogen (secondary N) is 3. The maximum atomic E-state index is 11.8. The summed E-state index contributed by atoms with van der Waals surface area (Å²) in [5, 5.41) is 8.59. The first-order chi connectivity index (χ1) is 9.56. The molecule has 0 aliphatic heterocycles. The third-order valence-electron chi connectivity index (χ3n) is 3.09. The molecule has 0 saturated carbocycles. The minimum Gasteiger partial charge on any atom is -0.388 e. The fourth-order valence-corrected chi connectivity index (χ4v) is 1.63. The third-order valence-corrected chi connectivity index (χ3v) is 3.09. The van der Waals surface area contributed by atoms with Crippen LogP contribution in [0.2, 0.25) is 0 Å². The number of benzene rings is 1. The lowest BCUT2D eigenvalue weighted by Gasteiger charge is -2.11. The monoisotopic (exact) mass is 277 g/mol. The number of anilines is 1. The Labute approximate surface area is 120 Å². The molecule has 1 atom stereocenters. The minimum absolute atomic E-state index is 0.0369. The fourth-order valence-electron chi connectivity index (χ4n) is 1.63. The molecule has 1 unspecified atom stereocenters. The fraction of sp³-hybridized carbons (Fsp3) is 0.467. The standard InChI is InChI=1S/C15H23N3O2/c1-4-11(2)18-14(19)9-10-17-15(20)12-5-7-13(16-3)8-6-12/h5-8,11,16H,4,9-10H2,1-3H3,(H,17,20)(H,18,19). The van der Waals surface area contributed by atoms with E-state index in [-0.39, 0.29) is 17.9 Å². The number of carbonyl (C=O) groups excluding carboxylic acids is 2. The molecule has 0 fully saturated rings. The average molecular weight is 277 g/mol. The second kappa shape index (κ2) is 8.19. The molecule has 0 saturated heterocycles. The molecule has 0 aromatic heterocycles. The third kappa shape index (κ3) is 5.30. The second-order valence-corrected chi connectivity index (χ2v) is 4.71. The van der Waals surface area contributed by atoms with Crippen LogP contribution in [0.3, 0.4) is 0 Å². The van der Waals surface area contributed by atoms with E-state index in [4.69, 9.17) is 0 Å². The van der Waals surface area contributed by atoms with Crippen LogP contribution in [0.15, 0.2) is 24.3 Å². The van der Waals surface area contributed by atoms with E-state index in [0.29, 0.717) is 18.5 Å². The Morgan fingerprint density at radius 3 is 2.40 bits per heavy atom. The largest absolute Gasteiger partial charge is 0.388 e. The lowest BCUT2D eigenvalue weighted by Crippen LogP contribution is -2.35. The predicted molar refractivity (Wildman–Crippen MR) is 80.8 cm³/mol. The molecule has 0 spiro atoms. The average Bonchev–Trinajstić information content (AvgIpc) is 2.47. The van der Waals surface area contributed by atoms with Gasteiger partial charge in [-0.05, 0) is 37.6 Å². The Kier molecular flexibility index (Phi) is 6.56. The number of hydrogen-bond acceptors (Lipinski definition) is 3. The molecule has 1 aromatic carbocycles. The van der Waals surface area contributed by atoms with E-state index >= 15 is 0 Å². The van der Waals surface area contributed by atoms with Crippen molar-refractivity contribution < 1.29 is 9.59 Å². The summed E-state index contributed by atoms with van der Waals surface area (Å²) in [7, 11) is 1.82. The summed E-state index contributed by atoms with van der Waals surface area (Å²) in [6, 6.07) is 7.35. The van der Waals surface area contributed by atoms with Crippen LogP contribution in [0.25, 0.3) is 0 Å². The van der Waals surface area contributed by atoms with Crippen LogP contribution in [0.5, 0.6) is 0 Å². The smallest absolute Gasteiger partial charge is 0.251 e. The van der Waals surface area contributed by atoms with Crippen molar-refractivity contribution >= 4 is 17.5 Å². The van der Waals surface area contributed by atoms with Gasteiger partial charge < -0.3 is 16.0 Å². The summed E-state index contributed by atoms with van der Waals surface area (Å²) < 4.78 is 0. The lowest BCUT2D eigenvalue weighted by molar-refractivity contribution is -0.121. The van der Waals surface area contributed by atoms with Crippen molar-refractivity contribution in [2.45, 2.75) is 32.7 Å². The van der Waals surface area contributed by atoms with Gasteiger partial charge in [-0.15, -0.1) is 0 Å². The van der Waals surface area contributed by atoms with Crippen LogP contribution in [0.4, 0.5) is 5.69 Å². The van der Waals surface area contributed by atoms with Crippen LogP contribution >= 0.6 is 0 Å². The highest BCUT2D eigenvalue weighted by atomic mass is 16.2. The number of carbonyl (C=O) groups is 2. The minimum atomic E-state index is -0.163. The van der Waals surface area contributed by atoms with Crippen molar-refractivity contribution in [3.05, 3.63) is 29.8 Å². The Hall–Kier alpha value is -2.04. The molecule has 2 amide bonds. The summed E-state index contributed by atoms with van der Waals surface area (Å²) in [6.07, 6.45) is 1.20. The summed E-state index contributed by atoms with van der Waals surface area (Å²) in [4.78, 5) is 23.4. The molecule has 1 aromatic rings. The highest BCUT2D eigenvalue weighted by Gasteiger charge is 2.08. The van der Waals surface area contributed by atoms with Crippen molar-refractivity contribution in [2.24, 2.45) is 0 Å². The van der Waals surface area contributed by atoms with Crippen molar-refractivity contribution in [1.82, 2.24) is 10.6 Å². The normalized spacial score (nSPS) is 11.6. The van der Waals surface area contributed by atoms with E-state index in [1.165, 1.54) is 0 Å². The van der Waals surface area contributed by atoms with Crippen LogP contribution in [0.1, 0.15) is 37.0 Å². The quantitative estimate of drug-likeness (QED) is 0.711. The van der Waals surface area contributed by atoms with E-state index < -0.39 is 0 Å². The summed E-state index contributed by atoms with van der Waals surface area (Å²) >= 11 is 0. The van der Waals surface area contributed by atoms with Crippen molar-refractivity contribution in [3.8, 4) is 0 Å². The second-order valence-electron chi connectivity index (χ2n) is 4.71. The Morgan fingerprint density at radius 2 is 1.85 bits per heavy atom. The lowest BCUT2D eigenvalue weighted by atomic mass is 10.2. The zero-order valence-corrected chi connectivity index (χ0v) is 12.3. The van der Waals surface area contributed by atoms with E-state index in [9.17, 15) is 9.59 Å². The van der Waals surface area contributed by atoms with Gasteiger partial charge in [-0.3, -0.25) is 9.59 Å². The molecule has 0 aliphatic carbocycles. The summed E-state index contributed by atoms with van der Waals surface area (Å²) in [6.45, 7) is 4.32. The maximum absolute atomic E-state index is 11.8. The molecule has 110 valence electrons. The maximum Gasteiger partial charge on any atom is 0.251 e. The first-order valence-corrected chi connectivity index (χ1v) is 6.92. The Bertz CT molecular complexity index is 443. The van der Waals surface area contributed by atoms with Crippen molar-refractivity contribution in [1.29, 1.82) is 0 Å². The van der Waals surface area contributed by atoms with Gasteiger partial charge in [0.1, 0.15) is 0 Å². The molecule has 1 rings (SSSR count). The first kappa shape index (κ1) is 16.0. The van der Waals surface area contributed by atoms with E-state index in [0.717, 1.165) is 12.1 Å². The van der Waals surface area contributed by atoms with E-state index in [2.05, 4.69) is 16.0 Å². The van der Waals surface area contributed by atoms with Crippen LogP contribution in [-0.4, -0.2) is 31.4 Å². The van der Waals surface area contributed by atoms with Crippen LogP contribution in [-0.2, 0) is 4.79 Å². The first-order valence-electron chi connectivity index (χ1n) is 6.92. The summed E-state index contributed by atoms with van der Waals surface area (Å²) in [5.74, 6) is -0.200. The zero-order chi connectivity index (χ0) is 15.0. The van der Waals surface area contributed by atoms with Gasteiger partial charge >= 0.3 is 0 Å². The summed E-state index contributed by atoms with van der Waals surface area (Å²) in [5.41, 5.74) is 1.54. The molecule has 5 heteroatoms. The van der Waals surface area contributed by atoms with Crippen LogP contribution < -0.4 is 16.0 Å². The molecule has 0 bridgehead atoms. The molecule has 3 N–H and O–H groups in total. The molecule has 0 heterocycles. The van der Waals surface area contributed by atoms with Gasteiger partial charge in [0.2, 0.25) is 5.91 Å². The molecule has 0 aliphatic rings. The molecule has 5 nitrogen and oxygen atoms in total. The van der Waals surface area contributed by atoms with E-state index in [1.807, 2.05) is 33.0 Å². The van der Waals surface area contributed by atoms with E-state index in [1.54, 1.807) is 12.1 Å².